The maximum Gasteiger partial charge on any atom is 0.161 e. The molecule has 1 saturated carbocycles. The number of fused-ring (bicyclic) bond motifs is 1. The molecule has 0 amide bonds. The molecule has 0 aromatic heterocycles. The summed E-state index contributed by atoms with van der Waals surface area (Å²) < 4.78 is 11.1. The number of nitrogens with zero attached hydrogens (tertiary/aromatic N) is 2. The highest BCUT2D eigenvalue weighted by Crippen LogP contribution is 2.33. The minimum absolute atomic E-state index is 0.438. The largest absolute Gasteiger partial charge is 0.486 e. The lowest BCUT2D eigenvalue weighted by Crippen LogP contribution is -2.47. The average Bonchev–Trinajstić information content (AvgIpc) is 3.45. The lowest BCUT2D eigenvalue weighted by molar-refractivity contribution is 0.0987. The first-order chi connectivity index (χ1) is 11.3. The standard InChI is InChI=1S/C18H26N2O3/c21-16(14-1-4-17-18(13-14)23-12-11-22-17)5-6-19-7-9-20(10-8-19)15-2-3-15/h1,4,13,15-16,21H,2-3,5-12H2/t16-/m0/s1. The molecule has 5 nitrogen and oxygen atoms in total. The fourth-order valence-electron chi connectivity index (χ4n) is 3.53. The van der Waals surface area contributed by atoms with Crippen LogP contribution in [0.5, 0.6) is 11.5 Å². The number of benzene rings is 1. The summed E-state index contributed by atoms with van der Waals surface area (Å²) in [5.41, 5.74) is 0.922. The Labute approximate surface area is 137 Å². The van der Waals surface area contributed by atoms with Crippen molar-refractivity contribution in [2.24, 2.45) is 0 Å². The van der Waals surface area contributed by atoms with Crippen LogP contribution in [-0.4, -0.2) is 66.9 Å². The van der Waals surface area contributed by atoms with Crippen LogP contribution in [0.15, 0.2) is 18.2 Å². The van der Waals surface area contributed by atoms with Crippen LogP contribution in [0.25, 0.3) is 0 Å². The normalized spacial score (nSPS) is 23.7. The molecule has 5 heteroatoms. The van der Waals surface area contributed by atoms with E-state index in [9.17, 15) is 5.11 Å². The quantitative estimate of drug-likeness (QED) is 0.895. The summed E-state index contributed by atoms with van der Waals surface area (Å²) in [6.45, 7) is 6.76. The van der Waals surface area contributed by atoms with Crippen molar-refractivity contribution in [1.29, 1.82) is 0 Å². The number of hydrogen-bond donors (Lipinski definition) is 1. The van der Waals surface area contributed by atoms with Crippen LogP contribution in [-0.2, 0) is 0 Å². The van der Waals surface area contributed by atoms with Crippen molar-refractivity contribution in [2.45, 2.75) is 31.4 Å². The predicted molar refractivity (Wildman–Crippen MR) is 88.0 cm³/mol. The zero-order valence-corrected chi connectivity index (χ0v) is 13.6. The summed E-state index contributed by atoms with van der Waals surface area (Å²) in [7, 11) is 0. The first kappa shape index (κ1) is 15.2. The van der Waals surface area contributed by atoms with E-state index in [1.807, 2.05) is 18.2 Å². The van der Waals surface area contributed by atoms with Crippen molar-refractivity contribution in [1.82, 2.24) is 9.80 Å². The molecule has 3 aliphatic rings. The molecule has 1 aliphatic carbocycles. The van der Waals surface area contributed by atoms with E-state index in [-0.39, 0.29) is 0 Å². The van der Waals surface area contributed by atoms with Gasteiger partial charge in [0.05, 0.1) is 6.10 Å². The minimum Gasteiger partial charge on any atom is -0.486 e. The molecule has 23 heavy (non-hydrogen) atoms. The second-order valence-corrected chi connectivity index (χ2v) is 6.82. The van der Waals surface area contributed by atoms with Gasteiger partial charge in [-0.3, -0.25) is 4.90 Å². The Bertz CT molecular complexity index is 539. The van der Waals surface area contributed by atoms with Crippen molar-refractivity contribution in [3.8, 4) is 11.5 Å². The third-order valence-corrected chi connectivity index (χ3v) is 5.14. The second kappa shape index (κ2) is 6.67. The zero-order valence-electron chi connectivity index (χ0n) is 13.6. The molecular weight excluding hydrogens is 292 g/mol. The highest BCUT2D eigenvalue weighted by atomic mass is 16.6. The molecule has 1 N–H and O–H groups in total. The molecule has 1 aromatic carbocycles. The van der Waals surface area contributed by atoms with Gasteiger partial charge in [-0.15, -0.1) is 0 Å². The zero-order chi connectivity index (χ0) is 15.6. The van der Waals surface area contributed by atoms with Crippen LogP contribution in [0, 0.1) is 0 Å². The Morgan fingerprint density at radius 1 is 1.04 bits per heavy atom. The van der Waals surface area contributed by atoms with Gasteiger partial charge in [0, 0.05) is 38.8 Å². The van der Waals surface area contributed by atoms with E-state index in [4.69, 9.17) is 9.47 Å². The molecule has 2 aliphatic heterocycles. The van der Waals surface area contributed by atoms with Gasteiger partial charge in [-0.1, -0.05) is 6.07 Å². The highest BCUT2D eigenvalue weighted by Gasteiger charge is 2.31. The van der Waals surface area contributed by atoms with Crippen LogP contribution in [0.3, 0.4) is 0 Å². The third-order valence-electron chi connectivity index (χ3n) is 5.14. The van der Waals surface area contributed by atoms with Crippen molar-refractivity contribution >= 4 is 0 Å². The first-order valence-electron chi connectivity index (χ1n) is 8.83. The van der Waals surface area contributed by atoms with Gasteiger partial charge in [-0.05, 0) is 37.0 Å². The lowest BCUT2D eigenvalue weighted by Gasteiger charge is -2.35. The van der Waals surface area contributed by atoms with Gasteiger partial charge in [0.15, 0.2) is 11.5 Å². The van der Waals surface area contributed by atoms with Crippen molar-refractivity contribution in [3.05, 3.63) is 23.8 Å². The number of piperazine rings is 1. The Morgan fingerprint density at radius 3 is 2.52 bits per heavy atom. The van der Waals surface area contributed by atoms with Crippen molar-refractivity contribution < 1.29 is 14.6 Å². The molecule has 1 atom stereocenters. The maximum atomic E-state index is 10.5. The molecule has 1 saturated heterocycles. The van der Waals surface area contributed by atoms with Crippen LogP contribution < -0.4 is 9.47 Å². The topological polar surface area (TPSA) is 45.2 Å². The summed E-state index contributed by atoms with van der Waals surface area (Å²) in [5, 5.41) is 10.5. The molecule has 4 rings (SSSR count). The smallest absolute Gasteiger partial charge is 0.161 e. The van der Waals surface area contributed by atoms with Gasteiger partial charge >= 0.3 is 0 Å². The first-order valence-corrected chi connectivity index (χ1v) is 8.83. The van der Waals surface area contributed by atoms with E-state index in [0.29, 0.717) is 13.2 Å². The van der Waals surface area contributed by atoms with Crippen LogP contribution >= 0.6 is 0 Å². The van der Waals surface area contributed by atoms with E-state index < -0.39 is 6.10 Å². The lowest BCUT2D eigenvalue weighted by atomic mass is 10.1. The Hall–Kier alpha value is -1.30. The Balaban J connectivity index is 1.27. The summed E-state index contributed by atoms with van der Waals surface area (Å²) in [6, 6.07) is 6.65. The fourth-order valence-corrected chi connectivity index (χ4v) is 3.53. The van der Waals surface area contributed by atoms with E-state index in [1.165, 1.54) is 25.9 Å². The number of aliphatic hydroxyl groups excluding tert-OH is 1. The summed E-state index contributed by atoms with van der Waals surface area (Å²) >= 11 is 0. The Morgan fingerprint density at radius 2 is 1.78 bits per heavy atom. The SMILES string of the molecule is O[C@@H](CCN1CCN(C2CC2)CC1)c1ccc2c(c1)OCCO2. The third kappa shape index (κ3) is 3.62. The van der Waals surface area contributed by atoms with Crippen LogP contribution in [0.4, 0.5) is 0 Å². The number of rotatable bonds is 5. The predicted octanol–water partition coefficient (Wildman–Crippen LogP) is 1.66. The summed E-state index contributed by atoms with van der Waals surface area (Å²) in [5.74, 6) is 1.54. The monoisotopic (exact) mass is 318 g/mol. The number of aliphatic hydroxyl groups is 1. The van der Waals surface area contributed by atoms with Gasteiger partial charge < -0.3 is 19.5 Å². The van der Waals surface area contributed by atoms with Crippen molar-refractivity contribution in [3.63, 3.8) is 0 Å². The van der Waals surface area contributed by atoms with E-state index >= 15 is 0 Å². The van der Waals surface area contributed by atoms with Gasteiger partial charge in [0.25, 0.3) is 0 Å². The molecular formula is C18H26N2O3. The molecule has 0 bridgehead atoms. The summed E-state index contributed by atoms with van der Waals surface area (Å²) in [6.07, 6.45) is 3.11. The molecule has 1 aromatic rings. The molecule has 0 unspecified atom stereocenters. The average molecular weight is 318 g/mol. The molecule has 126 valence electrons. The Kier molecular flexibility index (Phi) is 4.42. The van der Waals surface area contributed by atoms with Crippen LogP contribution in [0.2, 0.25) is 0 Å². The number of hydrogen-bond acceptors (Lipinski definition) is 5. The molecule has 2 heterocycles. The van der Waals surface area contributed by atoms with Gasteiger partial charge in [-0.25, -0.2) is 0 Å². The van der Waals surface area contributed by atoms with Gasteiger partial charge in [0.2, 0.25) is 0 Å². The minimum atomic E-state index is -0.438. The van der Waals surface area contributed by atoms with E-state index in [0.717, 1.165) is 49.2 Å². The number of ether oxygens (including phenoxy) is 2. The second-order valence-electron chi connectivity index (χ2n) is 6.82. The highest BCUT2D eigenvalue weighted by molar-refractivity contribution is 5.44. The van der Waals surface area contributed by atoms with Gasteiger partial charge in [-0.2, -0.15) is 0 Å². The fraction of sp³-hybridized carbons (Fsp3) is 0.667. The molecule has 0 radical (unpaired) electrons. The molecule has 0 spiro atoms. The summed E-state index contributed by atoms with van der Waals surface area (Å²) in [4.78, 5) is 5.09. The van der Waals surface area contributed by atoms with E-state index in [2.05, 4.69) is 9.80 Å². The van der Waals surface area contributed by atoms with Crippen LogP contribution in [0.1, 0.15) is 30.9 Å². The molecule has 2 fully saturated rings. The van der Waals surface area contributed by atoms with Crippen molar-refractivity contribution in [2.75, 3.05) is 45.9 Å². The van der Waals surface area contributed by atoms with Gasteiger partial charge in [0.1, 0.15) is 13.2 Å². The van der Waals surface area contributed by atoms with E-state index in [1.54, 1.807) is 0 Å². The maximum absolute atomic E-state index is 10.5.